The SMILES string of the molecule is CCCCCCCCCC(=O)N[C@H](Cc1ccccc1)C(=O)Nc1nnc(-c2cccc(OC)c2)s1. The van der Waals surface area contributed by atoms with Crippen molar-refractivity contribution in [2.24, 2.45) is 0 Å². The maximum absolute atomic E-state index is 13.2. The Kier molecular flexibility index (Phi) is 11.4. The zero-order valence-electron chi connectivity index (χ0n) is 21.2. The number of carbonyl (C=O) groups is 2. The van der Waals surface area contributed by atoms with Crippen LogP contribution in [0.15, 0.2) is 54.6 Å². The Morgan fingerprint density at radius 3 is 2.44 bits per heavy atom. The number of anilines is 1. The van der Waals surface area contributed by atoms with E-state index in [-0.39, 0.29) is 11.8 Å². The summed E-state index contributed by atoms with van der Waals surface area (Å²) in [6, 6.07) is 16.5. The molecule has 7 nitrogen and oxygen atoms in total. The average molecular weight is 509 g/mol. The molecule has 2 aromatic carbocycles. The molecule has 0 saturated carbocycles. The molecule has 3 aromatic rings. The molecular weight excluding hydrogens is 472 g/mol. The van der Waals surface area contributed by atoms with Crippen LogP contribution in [0.4, 0.5) is 5.13 Å². The number of carbonyl (C=O) groups excluding carboxylic acids is 2. The summed E-state index contributed by atoms with van der Waals surface area (Å²) in [5.74, 6) is 0.314. The third-order valence-corrected chi connectivity index (χ3v) is 6.80. The van der Waals surface area contributed by atoms with Gasteiger partial charge in [0.1, 0.15) is 16.8 Å². The molecule has 0 aliphatic heterocycles. The van der Waals surface area contributed by atoms with Crippen molar-refractivity contribution in [3.8, 4) is 16.3 Å². The van der Waals surface area contributed by atoms with Gasteiger partial charge < -0.3 is 10.1 Å². The largest absolute Gasteiger partial charge is 0.497 e. The normalized spacial score (nSPS) is 11.6. The number of ether oxygens (including phenoxy) is 1. The number of aromatic nitrogens is 2. The van der Waals surface area contributed by atoms with E-state index in [1.807, 2.05) is 54.6 Å². The summed E-state index contributed by atoms with van der Waals surface area (Å²) >= 11 is 1.28. The molecule has 192 valence electrons. The Hall–Kier alpha value is -3.26. The van der Waals surface area contributed by atoms with Gasteiger partial charge in [-0.15, -0.1) is 10.2 Å². The van der Waals surface area contributed by atoms with Gasteiger partial charge in [-0.3, -0.25) is 14.9 Å². The van der Waals surface area contributed by atoms with E-state index in [1.54, 1.807) is 7.11 Å². The van der Waals surface area contributed by atoms with Crippen LogP contribution in [0.3, 0.4) is 0 Å². The highest BCUT2D eigenvalue weighted by Gasteiger charge is 2.23. The Balaban J connectivity index is 1.59. The van der Waals surface area contributed by atoms with Gasteiger partial charge in [0, 0.05) is 18.4 Å². The first-order valence-electron chi connectivity index (χ1n) is 12.7. The fraction of sp³-hybridized carbons (Fsp3) is 0.429. The molecule has 0 saturated heterocycles. The Bertz CT molecular complexity index is 1090. The number of nitrogens with zero attached hydrogens (tertiary/aromatic N) is 2. The van der Waals surface area contributed by atoms with Crippen LogP contribution in [-0.4, -0.2) is 35.2 Å². The van der Waals surface area contributed by atoms with Gasteiger partial charge in [0.05, 0.1) is 7.11 Å². The molecule has 0 radical (unpaired) electrons. The summed E-state index contributed by atoms with van der Waals surface area (Å²) in [7, 11) is 1.61. The van der Waals surface area contributed by atoms with E-state index in [4.69, 9.17) is 4.74 Å². The Labute approximate surface area is 217 Å². The van der Waals surface area contributed by atoms with Crippen LogP contribution in [-0.2, 0) is 16.0 Å². The lowest BCUT2D eigenvalue weighted by molar-refractivity contribution is -0.126. The number of benzene rings is 2. The van der Waals surface area contributed by atoms with E-state index in [9.17, 15) is 9.59 Å². The molecule has 3 rings (SSSR count). The van der Waals surface area contributed by atoms with E-state index >= 15 is 0 Å². The van der Waals surface area contributed by atoms with Gasteiger partial charge in [0.15, 0.2) is 0 Å². The van der Waals surface area contributed by atoms with Crippen LogP contribution in [0, 0.1) is 0 Å². The monoisotopic (exact) mass is 508 g/mol. The van der Waals surface area contributed by atoms with Gasteiger partial charge in [-0.05, 0) is 24.1 Å². The molecule has 1 atom stereocenters. The zero-order valence-corrected chi connectivity index (χ0v) is 22.0. The molecule has 0 bridgehead atoms. The van der Waals surface area contributed by atoms with Gasteiger partial charge in [0.2, 0.25) is 16.9 Å². The van der Waals surface area contributed by atoms with E-state index in [0.717, 1.165) is 36.1 Å². The Morgan fingerprint density at radius 2 is 1.69 bits per heavy atom. The fourth-order valence-corrected chi connectivity index (χ4v) is 4.65. The molecule has 0 aliphatic rings. The number of rotatable bonds is 15. The molecule has 2 N–H and O–H groups in total. The molecule has 8 heteroatoms. The number of unbranched alkanes of at least 4 members (excludes halogenated alkanes) is 6. The highest BCUT2D eigenvalue weighted by molar-refractivity contribution is 7.18. The molecule has 0 aliphatic carbocycles. The van der Waals surface area contributed by atoms with Crippen molar-refractivity contribution in [1.29, 1.82) is 0 Å². The molecule has 0 unspecified atom stereocenters. The van der Waals surface area contributed by atoms with E-state index < -0.39 is 6.04 Å². The third kappa shape index (κ3) is 9.07. The maximum Gasteiger partial charge on any atom is 0.249 e. The first-order valence-corrected chi connectivity index (χ1v) is 13.5. The lowest BCUT2D eigenvalue weighted by Gasteiger charge is -2.18. The minimum absolute atomic E-state index is 0.103. The first kappa shape index (κ1) is 27.3. The van der Waals surface area contributed by atoms with Crippen molar-refractivity contribution >= 4 is 28.3 Å². The maximum atomic E-state index is 13.2. The van der Waals surface area contributed by atoms with E-state index in [1.165, 1.54) is 37.0 Å². The first-order chi connectivity index (χ1) is 17.6. The molecule has 36 heavy (non-hydrogen) atoms. The van der Waals surface area contributed by atoms with Gasteiger partial charge in [-0.1, -0.05) is 99.3 Å². The summed E-state index contributed by atoms with van der Waals surface area (Å²) in [4.78, 5) is 25.8. The zero-order chi connectivity index (χ0) is 25.6. The number of amides is 2. The molecule has 0 fully saturated rings. The molecular formula is C28H36N4O3S. The predicted molar refractivity (Wildman–Crippen MR) is 145 cm³/mol. The van der Waals surface area contributed by atoms with Crippen molar-refractivity contribution in [1.82, 2.24) is 15.5 Å². The lowest BCUT2D eigenvalue weighted by atomic mass is 10.0. The number of nitrogens with one attached hydrogen (secondary N) is 2. The second-order valence-corrected chi connectivity index (χ2v) is 9.79. The Morgan fingerprint density at radius 1 is 0.944 bits per heavy atom. The number of methoxy groups -OCH3 is 1. The lowest BCUT2D eigenvalue weighted by Crippen LogP contribution is -2.45. The average Bonchev–Trinajstić information content (AvgIpc) is 3.37. The summed E-state index contributed by atoms with van der Waals surface area (Å²) < 4.78 is 5.28. The van der Waals surface area contributed by atoms with Crippen molar-refractivity contribution in [3.05, 3.63) is 60.2 Å². The molecule has 1 heterocycles. The van der Waals surface area contributed by atoms with Crippen LogP contribution in [0.25, 0.3) is 10.6 Å². The third-order valence-electron chi connectivity index (χ3n) is 5.91. The minimum Gasteiger partial charge on any atom is -0.497 e. The molecule has 2 amide bonds. The minimum atomic E-state index is -0.700. The van der Waals surface area contributed by atoms with Crippen molar-refractivity contribution < 1.29 is 14.3 Å². The molecule has 0 spiro atoms. The van der Waals surface area contributed by atoms with Crippen LogP contribution < -0.4 is 15.4 Å². The molecule has 1 aromatic heterocycles. The van der Waals surface area contributed by atoms with Gasteiger partial charge in [-0.2, -0.15) is 0 Å². The van der Waals surface area contributed by atoms with Gasteiger partial charge in [0.25, 0.3) is 0 Å². The smallest absolute Gasteiger partial charge is 0.249 e. The second-order valence-electron chi connectivity index (χ2n) is 8.81. The van der Waals surface area contributed by atoms with Gasteiger partial charge in [-0.25, -0.2) is 0 Å². The number of hydrogen-bond donors (Lipinski definition) is 2. The van der Waals surface area contributed by atoms with Crippen molar-refractivity contribution in [3.63, 3.8) is 0 Å². The highest BCUT2D eigenvalue weighted by Crippen LogP contribution is 2.28. The van der Waals surface area contributed by atoms with Crippen LogP contribution in [0.1, 0.15) is 63.9 Å². The van der Waals surface area contributed by atoms with Crippen molar-refractivity contribution in [2.45, 2.75) is 70.8 Å². The summed E-state index contributed by atoms with van der Waals surface area (Å²) in [6.45, 7) is 2.21. The van der Waals surface area contributed by atoms with Crippen LogP contribution in [0.2, 0.25) is 0 Å². The van der Waals surface area contributed by atoms with Crippen LogP contribution in [0.5, 0.6) is 5.75 Å². The fourth-order valence-electron chi connectivity index (χ4n) is 3.91. The topological polar surface area (TPSA) is 93.2 Å². The quantitative estimate of drug-likeness (QED) is 0.245. The summed E-state index contributed by atoms with van der Waals surface area (Å²) in [5, 5.41) is 15.2. The van der Waals surface area contributed by atoms with Gasteiger partial charge >= 0.3 is 0 Å². The standard InChI is InChI=1S/C28H36N4O3S/c1-3-4-5-6-7-8-12-18-25(33)29-24(19-21-14-10-9-11-15-21)26(34)30-28-32-31-27(36-28)22-16-13-17-23(20-22)35-2/h9-11,13-17,20,24H,3-8,12,18-19H2,1-2H3,(H,29,33)(H,30,32,34)/t24-/m1/s1. The summed E-state index contributed by atoms with van der Waals surface area (Å²) in [6.07, 6.45) is 8.80. The van der Waals surface area contributed by atoms with Crippen LogP contribution >= 0.6 is 11.3 Å². The van der Waals surface area contributed by atoms with Crippen molar-refractivity contribution in [2.75, 3.05) is 12.4 Å². The number of hydrogen-bond acceptors (Lipinski definition) is 6. The van der Waals surface area contributed by atoms with E-state index in [2.05, 4.69) is 27.8 Å². The highest BCUT2D eigenvalue weighted by atomic mass is 32.1. The second kappa shape index (κ2) is 15.0. The van der Waals surface area contributed by atoms with E-state index in [0.29, 0.717) is 23.0 Å². The summed E-state index contributed by atoms with van der Waals surface area (Å²) in [5.41, 5.74) is 1.83. The predicted octanol–water partition coefficient (Wildman–Crippen LogP) is 6.02.